The van der Waals surface area contributed by atoms with Crippen molar-refractivity contribution in [1.82, 2.24) is 0 Å². The molecule has 2 aliphatic rings. The second-order valence-electron chi connectivity index (χ2n) is 8.64. The van der Waals surface area contributed by atoms with E-state index < -0.39 is 21.5 Å². The standard InChI is InChI=1S/C20H19Si.2CH3.2ClH.Zr/c1-13-11-15-7-3-5-9-17(15)19(13)21-20-14(2)12-16-8-4-6-10-18(16)20;;;;;/h3-12,19-21H,1-2H3;2*1H3;2*1H;/q;;;;;+2/p-2. The third-order valence-corrected chi connectivity index (χ3v) is 38.5. The van der Waals surface area contributed by atoms with Crippen molar-refractivity contribution in [2.45, 2.75) is 34.2 Å². The zero-order valence-electron chi connectivity index (χ0n) is 15.8. The monoisotopic (exact) mass is 477 g/mol. The fraction of sp³-hybridized carbons (Fsp3) is 0.273. The van der Waals surface area contributed by atoms with E-state index >= 15 is 0 Å². The number of halogens is 2. The molecule has 0 spiro atoms. The molecule has 135 valence electrons. The van der Waals surface area contributed by atoms with Crippen molar-refractivity contribution in [3.05, 3.63) is 81.9 Å². The Balaban J connectivity index is 1.92. The van der Waals surface area contributed by atoms with Gasteiger partial charge in [-0.25, -0.2) is 0 Å². The van der Waals surface area contributed by atoms with Crippen LogP contribution in [0.4, 0.5) is 0 Å². The molecular formula is C22H25Cl2SiZr. The summed E-state index contributed by atoms with van der Waals surface area (Å²) in [6.07, 6.45) is 4.71. The Morgan fingerprint density at radius 1 is 0.731 bits per heavy atom. The predicted octanol–water partition coefficient (Wildman–Crippen LogP) is 7.28. The summed E-state index contributed by atoms with van der Waals surface area (Å²) in [6.45, 7) is 4.55. The van der Waals surface area contributed by atoms with Gasteiger partial charge in [0.25, 0.3) is 0 Å². The number of hydrogen-bond acceptors (Lipinski definition) is 0. The number of benzene rings is 2. The van der Waals surface area contributed by atoms with E-state index in [2.05, 4.69) is 83.8 Å². The third-order valence-electron chi connectivity index (χ3n) is 6.05. The van der Waals surface area contributed by atoms with Gasteiger partial charge in [0, 0.05) is 0 Å². The molecule has 0 N–H and O–H groups in total. The maximum absolute atomic E-state index is 7.36. The molecule has 0 saturated carbocycles. The van der Waals surface area contributed by atoms with Gasteiger partial charge in [0.05, 0.1) is 0 Å². The molecule has 2 aromatic carbocycles. The molecule has 0 amide bonds. The summed E-state index contributed by atoms with van der Waals surface area (Å²) >= 11 is -3.83. The first-order valence-corrected chi connectivity index (χ1v) is 26.7. The van der Waals surface area contributed by atoms with Crippen molar-refractivity contribution in [3.8, 4) is 0 Å². The fourth-order valence-electron chi connectivity index (χ4n) is 5.08. The summed E-state index contributed by atoms with van der Waals surface area (Å²) in [5.74, 6) is -1.63. The van der Waals surface area contributed by atoms with Crippen LogP contribution in [0.15, 0.2) is 59.7 Å². The first kappa shape index (κ1) is 18.9. The third kappa shape index (κ3) is 3.18. The average Bonchev–Trinajstić information content (AvgIpc) is 3.03. The van der Waals surface area contributed by atoms with Gasteiger partial charge in [0.15, 0.2) is 0 Å². The second-order valence-corrected chi connectivity index (χ2v) is 55.9. The zero-order valence-corrected chi connectivity index (χ0v) is 20.9. The van der Waals surface area contributed by atoms with Gasteiger partial charge in [-0.15, -0.1) is 0 Å². The van der Waals surface area contributed by atoms with Gasteiger partial charge in [-0.05, 0) is 0 Å². The first-order chi connectivity index (χ1) is 12.1. The Hall–Kier alpha value is -0.400. The quantitative estimate of drug-likeness (QED) is 0.406. The number of fused-ring (bicyclic) bond motifs is 2. The molecule has 0 bridgehead atoms. The van der Waals surface area contributed by atoms with E-state index in [4.69, 9.17) is 17.0 Å². The molecule has 0 saturated heterocycles. The summed E-state index contributed by atoms with van der Waals surface area (Å²) < 4.78 is 4.48. The Kier molecular flexibility index (Phi) is 4.60. The molecule has 2 aromatic rings. The van der Waals surface area contributed by atoms with E-state index in [1.54, 1.807) is 0 Å². The van der Waals surface area contributed by atoms with Crippen LogP contribution >= 0.6 is 17.0 Å². The molecule has 26 heavy (non-hydrogen) atoms. The Morgan fingerprint density at radius 2 is 1.12 bits per heavy atom. The molecule has 2 atom stereocenters. The van der Waals surface area contributed by atoms with Crippen molar-refractivity contribution < 1.29 is 15.6 Å². The van der Waals surface area contributed by atoms with E-state index in [0.29, 0.717) is 11.1 Å². The van der Waals surface area contributed by atoms with Crippen LogP contribution in [0.3, 0.4) is 0 Å². The van der Waals surface area contributed by atoms with Gasteiger partial charge in [0.1, 0.15) is 0 Å². The Bertz CT molecular complexity index is 875. The first-order valence-electron chi connectivity index (χ1n) is 9.30. The molecule has 0 heterocycles. The van der Waals surface area contributed by atoms with Crippen LogP contribution in [0, 0.1) is 0 Å². The minimum atomic E-state index is -3.83. The van der Waals surface area contributed by atoms with Crippen molar-refractivity contribution >= 4 is 35.1 Å². The van der Waals surface area contributed by atoms with Crippen molar-refractivity contribution in [2.24, 2.45) is 0 Å². The van der Waals surface area contributed by atoms with Crippen molar-refractivity contribution in [1.29, 1.82) is 0 Å². The van der Waals surface area contributed by atoms with Crippen molar-refractivity contribution in [2.75, 3.05) is 0 Å². The fourth-order valence-corrected chi connectivity index (χ4v) is 39.0. The molecule has 0 aromatic heterocycles. The van der Waals surface area contributed by atoms with E-state index in [0.717, 1.165) is 0 Å². The summed E-state index contributed by atoms with van der Waals surface area (Å²) in [5, 5.41) is 0. The molecule has 4 heteroatoms. The Morgan fingerprint density at radius 3 is 1.50 bits per heavy atom. The molecule has 0 fully saturated rings. The maximum atomic E-state index is 7.36. The predicted molar refractivity (Wildman–Crippen MR) is 116 cm³/mol. The SMILES string of the molecule is CC1=Cc2ccccc2C1[SiH](C1C(C)=Cc2ccccc21)[Zr]([CH3])([CH3])([Cl])[Cl]. The van der Waals surface area contributed by atoms with Crippen molar-refractivity contribution in [3.63, 3.8) is 0 Å². The molecule has 4 rings (SSSR count). The number of rotatable bonds is 3. The molecule has 2 unspecified atom stereocenters. The summed E-state index contributed by atoms with van der Waals surface area (Å²) in [5.41, 5.74) is 9.37. The van der Waals surface area contributed by atoms with Crippen LogP contribution in [0.1, 0.15) is 47.2 Å². The molecule has 0 nitrogen and oxygen atoms in total. The van der Waals surface area contributed by atoms with Crippen LogP contribution in [-0.2, 0) is 15.6 Å². The second kappa shape index (κ2) is 6.31. The van der Waals surface area contributed by atoms with Gasteiger partial charge in [-0.3, -0.25) is 0 Å². The van der Waals surface area contributed by atoms with Gasteiger partial charge in [0.2, 0.25) is 0 Å². The molecular weight excluding hydrogens is 454 g/mol. The summed E-state index contributed by atoms with van der Waals surface area (Å²) in [4.78, 5) is 0. The van der Waals surface area contributed by atoms with Crippen LogP contribution in [0.25, 0.3) is 12.2 Å². The summed E-state index contributed by atoms with van der Waals surface area (Å²) in [7, 11) is 14.7. The van der Waals surface area contributed by atoms with Crippen LogP contribution < -0.4 is 0 Å². The van der Waals surface area contributed by atoms with Gasteiger partial charge < -0.3 is 0 Å². The topological polar surface area (TPSA) is 0 Å². The van der Waals surface area contributed by atoms with Gasteiger partial charge >= 0.3 is 167 Å². The van der Waals surface area contributed by atoms with Crippen LogP contribution in [0.2, 0.25) is 9.26 Å². The van der Waals surface area contributed by atoms with Gasteiger partial charge in [-0.2, -0.15) is 0 Å². The number of hydrogen-bond donors (Lipinski definition) is 0. The molecule has 0 aliphatic heterocycles. The van der Waals surface area contributed by atoms with E-state index in [9.17, 15) is 0 Å². The van der Waals surface area contributed by atoms with Crippen LogP contribution in [0.5, 0.6) is 0 Å². The Labute approximate surface area is 165 Å². The summed E-state index contributed by atoms with van der Waals surface area (Å²) in [6, 6.07) is 17.6. The van der Waals surface area contributed by atoms with E-state index in [1.807, 2.05) is 0 Å². The van der Waals surface area contributed by atoms with E-state index in [-0.39, 0.29) is 0 Å². The zero-order chi connectivity index (χ0) is 18.7. The van der Waals surface area contributed by atoms with Crippen LogP contribution in [-0.4, -0.2) is 5.92 Å². The van der Waals surface area contributed by atoms with Gasteiger partial charge in [-0.1, -0.05) is 0 Å². The van der Waals surface area contributed by atoms with E-state index in [1.165, 1.54) is 33.4 Å². The average molecular weight is 480 g/mol. The minimum absolute atomic E-state index is 0.432. The molecule has 0 radical (unpaired) electrons. The molecule has 2 aliphatic carbocycles. The number of allylic oxidation sites excluding steroid dienone is 2. The normalized spacial score (nSPS) is 24.2.